The van der Waals surface area contributed by atoms with Gasteiger partial charge in [-0.2, -0.15) is 0 Å². The van der Waals surface area contributed by atoms with Gasteiger partial charge in [0.2, 0.25) is 0 Å². The van der Waals surface area contributed by atoms with E-state index in [1.54, 1.807) is 19.1 Å². The zero-order valence-electron chi connectivity index (χ0n) is 13.4. The number of esters is 1. The van der Waals surface area contributed by atoms with Gasteiger partial charge in [0.15, 0.2) is 17.3 Å². The van der Waals surface area contributed by atoms with E-state index in [4.69, 9.17) is 18.9 Å². The third kappa shape index (κ3) is 4.65. The van der Waals surface area contributed by atoms with Gasteiger partial charge in [-0.1, -0.05) is 0 Å². The molecule has 1 aromatic rings. The summed E-state index contributed by atoms with van der Waals surface area (Å²) >= 11 is 0. The lowest BCUT2D eigenvalue weighted by Crippen LogP contribution is -2.07. The van der Waals surface area contributed by atoms with E-state index in [9.17, 15) is 9.59 Å². The quantitative estimate of drug-likeness (QED) is 0.516. The number of hydrogen-bond acceptors (Lipinski definition) is 6. The van der Waals surface area contributed by atoms with Crippen molar-refractivity contribution in [3.8, 4) is 17.2 Å². The standard InChI is InChI=1S/C16H22O6/c1-5-22-16(18)8-6-7-12(17)11-9-14(20-3)15(21-4)10-13(11)19-2/h9-10H,5-8H2,1-4H3. The first-order chi connectivity index (χ1) is 10.6. The van der Waals surface area contributed by atoms with Crippen LogP contribution < -0.4 is 14.2 Å². The minimum Gasteiger partial charge on any atom is -0.496 e. The van der Waals surface area contributed by atoms with Crippen molar-refractivity contribution in [2.24, 2.45) is 0 Å². The van der Waals surface area contributed by atoms with Crippen molar-refractivity contribution in [2.45, 2.75) is 26.2 Å². The Morgan fingerprint density at radius 1 is 0.909 bits per heavy atom. The van der Waals surface area contributed by atoms with Crippen molar-refractivity contribution in [3.63, 3.8) is 0 Å². The van der Waals surface area contributed by atoms with Crippen LogP contribution in [0.4, 0.5) is 0 Å². The SMILES string of the molecule is CCOC(=O)CCCC(=O)c1cc(OC)c(OC)cc1OC. The number of methoxy groups -OCH3 is 3. The molecular formula is C16H22O6. The molecule has 0 aliphatic carbocycles. The van der Waals surface area contributed by atoms with Crippen molar-refractivity contribution >= 4 is 11.8 Å². The summed E-state index contributed by atoms with van der Waals surface area (Å²) in [6.45, 7) is 2.09. The highest BCUT2D eigenvalue weighted by atomic mass is 16.5. The lowest BCUT2D eigenvalue weighted by molar-refractivity contribution is -0.143. The van der Waals surface area contributed by atoms with Gasteiger partial charge in [-0.25, -0.2) is 0 Å². The Hall–Kier alpha value is -2.24. The summed E-state index contributed by atoms with van der Waals surface area (Å²) in [5, 5.41) is 0. The largest absolute Gasteiger partial charge is 0.496 e. The second-order valence-corrected chi connectivity index (χ2v) is 4.49. The van der Waals surface area contributed by atoms with E-state index in [0.29, 0.717) is 35.8 Å². The number of carbonyl (C=O) groups excluding carboxylic acids is 2. The highest BCUT2D eigenvalue weighted by molar-refractivity contribution is 5.99. The van der Waals surface area contributed by atoms with Crippen LogP contribution >= 0.6 is 0 Å². The van der Waals surface area contributed by atoms with Gasteiger partial charge in [-0.05, 0) is 19.4 Å². The summed E-state index contributed by atoms with van der Waals surface area (Å²) < 4.78 is 20.4. The van der Waals surface area contributed by atoms with Crippen LogP contribution in [0.15, 0.2) is 12.1 Å². The Labute approximate surface area is 130 Å². The van der Waals surface area contributed by atoms with Crippen molar-refractivity contribution in [1.29, 1.82) is 0 Å². The lowest BCUT2D eigenvalue weighted by atomic mass is 10.0. The molecule has 0 aliphatic heterocycles. The molecule has 0 aromatic heterocycles. The van der Waals surface area contributed by atoms with Gasteiger partial charge >= 0.3 is 5.97 Å². The molecule has 22 heavy (non-hydrogen) atoms. The van der Waals surface area contributed by atoms with Gasteiger partial charge in [0.1, 0.15) is 5.75 Å². The lowest BCUT2D eigenvalue weighted by Gasteiger charge is -2.13. The third-order valence-corrected chi connectivity index (χ3v) is 3.10. The van der Waals surface area contributed by atoms with Crippen LogP contribution in [-0.4, -0.2) is 39.7 Å². The maximum absolute atomic E-state index is 12.3. The fraction of sp³-hybridized carbons (Fsp3) is 0.500. The van der Waals surface area contributed by atoms with E-state index < -0.39 is 0 Å². The van der Waals surface area contributed by atoms with E-state index >= 15 is 0 Å². The number of hydrogen-bond donors (Lipinski definition) is 0. The van der Waals surface area contributed by atoms with Crippen LogP contribution in [0.3, 0.4) is 0 Å². The minimum absolute atomic E-state index is 0.123. The summed E-state index contributed by atoms with van der Waals surface area (Å²) in [7, 11) is 4.49. The Bertz CT molecular complexity index is 524. The number of ether oxygens (including phenoxy) is 4. The minimum atomic E-state index is -0.297. The van der Waals surface area contributed by atoms with Crippen molar-refractivity contribution < 1.29 is 28.5 Å². The maximum Gasteiger partial charge on any atom is 0.305 e. The summed E-state index contributed by atoms with van der Waals surface area (Å²) in [6.07, 6.45) is 0.870. The molecule has 0 unspecified atom stereocenters. The fourth-order valence-electron chi connectivity index (χ4n) is 2.01. The van der Waals surface area contributed by atoms with Gasteiger partial charge in [-0.15, -0.1) is 0 Å². The molecule has 0 fully saturated rings. The highest BCUT2D eigenvalue weighted by Gasteiger charge is 2.17. The first-order valence-electron chi connectivity index (χ1n) is 7.06. The smallest absolute Gasteiger partial charge is 0.305 e. The normalized spacial score (nSPS) is 10.0. The highest BCUT2D eigenvalue weighted by Crippen LogP contribution is 2.35. The van der Waals surface area contributed by atoms with Gasteiger partial charge in [0.05, 0.1) is 33.5 Å². The number of Topliss-reactive ketones (excluding diaryl/α,β-unsaturated/α-hetero) is 1. The van der Waals surface area contributed by atoms with Gasteiger partial charge in [-0.3, -0.25) is 9.59 Å². The van der Waals surface area contributed by atoms with E-state index in [1.165, 1.54) is 21.3 Å². The maximum atomic E-state index is 12.3. The second kappa shape index (κ2) is 8.92. The molecule has 6 nitrogen and oxygen atoms in total. The van der Waals surface area contributed by atoms with Crippen LogP contribution in [0.25, 0.3) is 0 Å². The molecule has 0 aliphatic rings. The van der Waals surface area contributed by atoms with Crippen LogP contribution in [0, 0.1) is 0 Å². The average Bonchev–Trinajstić information content (AvgIpc) is 2.53. The molecule has 0 radical (unpaired) electrons. The predicted molar refractivity (Wildman–Crippen MR) is 80.9 cm³/mol. The van der Waals surface area contributed by atoms with Crippen LogP contribution in [-0.2, 0) is 9.53 Å². The predicted octanol–water partition coefficient (Wildman–Crippen LogP) is 2.63. The first-order valence-corrected chi connectivity index (χ1v) is 7.06. The van der Waals surface area contributed by atoms with Gasteiger partial charge in [0.25, 0.3) is 0 Å². The van der Waals surface area contributed by atoms with Crippen molar-refractivity contribution in [1.82, 2.24) is 0 Å². The summed E-state index contributed by atoms with van der Waals surface area (Å²) in [6, 6.07) is 3.20. The van der Waals surface area contributed by atoms with Gasteiger partial charge < -0.3 is 18.9 Å². The van der Waals surface area contributed by atoms with Crippen molar-refractivity contribution in [2.75, 3.05) is 27.9 Å². The molecule has 1 rings (SSSR count). The number of benzene rings is 1. The van der Waals surface area contributed by atoms with E-state index in [2.05, 4.69) is 0 Å². The summed E-state index contributed by atoms with van der Waals surface area (Å²) in [5.41, 5.74) is 0.406. The fourth-order valence-corrected chi connectivity index (χ4v) is 2.01. The molecule has 1 aromatic carbocycles. The second-order valence-electron chi connectivity index (χ2n) is 4.49. The van der Waals surface area contributed by atoms with E-state index in [-0.39, 0.29) is 24.6 Å². The number of carbonyl (C=O) groups is 2. The molecule has 6 heteroatoms. The molecular weight excluding hydrogens is 288 g/mol. The van der Waals surface area contributed by atoms with Crippen LogP contribution in [0.2, 0.25) is 0 Å². The molecule has 0 heterocycles. The molecule has 0 saturated heterocycles. The van der Waals surface area contributed by atoms with E-state index in [1.807, 2.05) is 0 Å². The summed E-state index contributed by atoms with van der Waals surface area (Å²) in [4.78, 5) is 23.6. The summed E-state index contributed by atoms with van der Waals surface area (Å²) in [5.74, 6) is 0.940. The monoisotopic (exact) mass is 310 g/mol. The number of ketones is 1. The zero-order valence-corrected chi connectivity index (χ0v) is 13.4. The molecule has 0 saturated carbocycles. The Balaban J connectivity index is 2.81. The zero-order chi connectivity index (χ0) is 16.5. The molecule has 0 amide bonds. The van der Waals surface area contributed by atoms with Gasteiger partial charge in [0, 0.05) is 18.9 Å². The van der Waals surface area contributed by atoms with Crippen LogP contribution in [0.1, 0.15) is 36.5 Å². The molecule has 0 bridgehead atoms. The Kier molecular flexibility index (Phi) is 7.22. The molecule has 0 atom stereocenters. The average molecular weight is 310 g/mol. The molecule has 0 spiro atoms. The molecule has 122 valence electrons. The molecule has 0 N–H and O–H groups in total. The van der Waals surface area contributed by atoms with Crippen molar-refractivity contribution in [3.05, 3.63) is 17.7 Å². The first kappa shape index (κ1) is 17.8. The Morgan fingerprint density at radius 2 is 1.50 bits per heavy atom. The van der Waals surface area contributed by atoms with E-state index in [0.717, 1.165) is 0 Å². The van der Waals surface area contributed by atoms with Crippen LogP contribution in [0.5, 0.6) is 17.2 Å². The Morgan fingerprint density at radius 3 is 2.05 bits per heavy atom. The third-order valence-electron chi connectivity index (χ3n) is 3.10. The topological polar surface area (TPSA) is 71.1 Å². The number of rotatable bonds is 9.